The van der Waals surface area contributed by atoms with Gasteiger partial charge in [0.1, 0.15) is 0 Å². The van der Waals surface area contributed by atoms with Gasteiger partial charge in [-0.3, -0.25) is 4.79 Å². The van der Waals surface area contributed by atoms with Crippen LogP contribution in [-0.4, -0.2) is 18.0 Å². The molecule has 0 aromatic heterocycles. The van der Waals surface area contributed by atoms with Crippen LogP contribution in [-0.2, 0) is 4.79 Å². The Morgan fingerprint density at radius 2 is 1.89 bits per heavy atom. The Hall–Kier alpha value is -1.61. The molecule has 1 aromatic carbocycles. The van der Waals surface area contributed by atoms with E-state index in [1.54, 1.807) is 12.2 Å². The topological polar surface area (TPSA) is 55.1 Å². The van der Waals surface area contributed by atoms with Crippen LogP contribution in [0.15, 0.2) is 36.4 Å². The number of hydrogen-bond acceptors (Lipinski definition) is 2. The van der Waals surface area contributed by atoms with Crippen LogP contribution in [0.25, 0.3) is 6.08 Å². The molecule has 0 saturated heterocycles. The van der Waals surface area contributed by atoms with Crippen LogP contribution in [0, 0.1) is 0 Å². The SMILES string of the molecule is CCC(N)(CC)CNC(=O)/C=C/c1ccccc1. The van der Waals surface area contributed by atoms with Crippen molar-refractivity contribution in [2.75, 3.05) is 6.54 Å². The predicted molar refractivity (Wildman–Crippen MR) is 76.0 cm³/mol. The minimum atomic E-state index is -0.295. The van der Waals surface area contributed by atoms with Gasteiger partial charge in [0.2, 0.25) is 5.91 Å². The van der Waals surface area contributed by atoms with Crippen molar-refractivity contribution in [2.45, 2.75) is 32.2 Å². The second-order valence-electron chi connectivity index (χ2n) is 4.53. The molecule has 1 rings (SSSR count). The lowest BCUT2D eigenvalue weighted by molar-refractivity contribution is -0.116. The van der Waals surface area contributed by atoms with E-state index in [1.807, 2.05) is 44.2 Å². The zero-order chi connectivity index (χ0) is 13.4. The Morgan fingerprint density at radius 3 is 2.44 bits per heavy atom. The van der Waals surface area contributed by atoms with Gasteiger partial charge >= 0.3 is 0 Å². The first kappa shape index (κ1) is 14.5. The highest BCUT2D eigenvalue weighted by atomic mass is 16.1. The van der Waals surface area contributed by atoms with Crippen molar-refractivity contribution in [3.05, 3.63) is 42.0 Å². The van der Waals surface area contributed by atoms with Gasteiger partial charge in [0.25, 0.3) is 0 Å². The average molecular weight is 246 g/mol. The molecule has 0 saturated carbocycles. The fourth-order valence-corrected chi connectivity index (χ4v) is 1.56. The number of benzene rings is 1. The molecular weight excluding hydrogens is 224 g/mol. The third-order valence-corrected chi connectivity index (χ3v) is 3.25. The first-order valence-corrected chi connectivity index (χ1v) is 6.39. The van der Waals surface area contributed by atoms with E-state index in [1.165, 1.54) is 0 Å². The average Bonchev–Trinajstić information content (AvgIpc) is 2.43. The second-order valence-corrected chi connectivity index (χ2v) is 4.53. The van der Waals surface area contributed by atoms with Gasteiger partial charge in [-0.15, -0.1) is 0 Å². The highest BCUT2D eigenvalue weighted by Crippen LogP contribution is 2.09. The van der Waals surface area contributed by atoms with Gasteiger partial charge in [-0.1, -0.05) is 44.2 Å². The molecule has 0 radical (unpaired) electrons. The Morgan fingerprint density at radius 1 is 1.28 bits per heavy atom. The van der Waals surface area contributed by atoms with Crippen LogP contribution in [0.1, 0.15) is 32.3 Å². The fourth-order valence-electron chi connectivity index (χ4n) is 1.56. The molecule has 0 fully saturated rings. The van der Waals surface area contributed by atoms with E-state index in [-0.39, 0.29) is 11.4 Å². The fraction of sp³-hybridized carbons (Fsp3) is 0.400. The lowest BCUT2D eigenvalue weighted by Gasteiger charge is -2.26. The van der Waals surface area contributed by atoms with Crippen LogP contribution in [0.2, 0.25) is 0 Å². The molecule has 3 heteroatoms. The third-order valence-electron chi connectivity index (χ3n) is 3.25. The number of hydrogen-bond donors (Lipinski definition) is 2. The van der Waals surface area contributed by atoms with Crippen LogP contribution in [0.5, 0.6) is 0 Å². The van der Waals surface area contributed by atoms with Gasteiger partial charge in [0, 0.05) is 18.2 Å². The summed E-state index contributed by atoms with van der Waals surface area (Å²) in [7, 11) is 0. The van der Waals surface area contributed by atoms with Crippen LogP contribution < -0.4 is 11.1 Å². The van der Waals surface area contributed by atoms with Gasteiger partial charge < -0.3 is 11.1 Å². The Labute approximate surface area is 109 Å². The Bertz CT molecular complexity index is 394. The minimum absolute atomic E-state index is 0.101. The molecule has 1 amide bonds. The Balaban J connectivity index is 2.45. The third kappa shape index (κ3) is 4.72. The summed E-state index contributed by atoms with van der Waals surface area (Å²) in [5, 5.41) is 2.84. The molecular formula is C15H22N2O. The van der Waals surface area contributed by atoms with Gasteiger partial charge in [-0.05, 0) is 24.5 Å². The second kappa shape index (κ2) is 6.97. The van der Waals surface area contributed by atoms with Crippen molar-refractivity contribution in [1.29, 1.82) is 0 Å². The quantitative estimate of drug-likeness (QED) is 0.757. The summed E-state index contributed by atoms with van der Waals surface area (Å²) in [4.78, 5) is 11.6. The van der Waals surface area contributed by atoms with Crippen molar-refractivity contribution in [1.82, 2.24) is 5.32 Å². The molecule has 0 aliphatic rings. The number of amides is 1. The van der Waals surface area contributed by atoms with E-state index in [2.05, 4.69) is 5.32 Å². The van der Waals surface area contributed by atoms with E-state index >= 15 is 0 Å². The zero-order valence-corrected chi connectivity index (χ0v) is 11.1. The first-order chi connectivity index (χ1) is 8.59. The number of carbonyl (C=O) groups excluding carboxylic acids is 1. The molecule has 0 bridgehead atoms. The van der Waals surface area contributed by atoms with Gasteiger partial charge in [-0.25, -0.2) is 0 Å². The van der Waals surface area contributed by atoms with Crippen molar-refractivity contribution < 1.29 is 4.79 Å². The molecule has 0 heterocycles. The monoisotopic (exact) mass is 246 g/mol. The molecule has 0 aliphatic carbocycles. The van der Waals surface area contributed by atoms with E-state index in [9.17, 15) is 4.79 Å². The number of nitrogens with two attached hydrogens (primary N) is 1. The predicted octanol–water partition coefficient (Wildman–Crippen LogP) is 2.33. The highest BCUT2D eigenvalue weighted by molar-refractivity contribution is 5.91. The van der Waals surface area contributed by atoms with Crippen LogP contribution in [0.3, 0.4) is 0 Å². The maximum absolute atomic E-state index is 11.6. The minimum Gasteiger partial charge on any atom is -0.351 e. The molecule has 18 heavy (non-hydrogen) atoms. The molecule has 3 N–H and O–H groups in total. The first-order valence-electron chi connectivity index (χ1n) is 6.39. The highest BCUT2D eigenvalue weighted by Gasteiger charge is 2.20. The van der Waals surface area contributed by atoms with E-state index in [0.717, 1.165) is 18.4 Å². The molecule has 0 spiro atoms. The smallest absolute Gasteiger partial charge is 0.244 e. The largest absolute Gasteiger partial charge is 0.351 e. The maximum atomic E-state index is 11.6. The van der Waals surface area contributed by atoms with Crippen LogP contribution >= 0.6 is 0 Å². The standard InChI is InChI=1S/C15H22N2O/c1-3-15(16,4-2)12-17-14(18)11-10-13-8-6-5-7-9-13/h5-11H,3-4,12,16H2,1-2H3,(H,17,18)/b11-10+. The summed E-state index contributed by atoms with van der Waals surface area (Å²) >= 11 is 0. The lowest BCUT2D eigenvalue weighted by atomic mass is 9.94. The molecule has 1 aromatic rings. The summed E-state index contributed by atoms with van der Waals surface area (Å²) in [6, 6.07) is 9.74. The number of rotatable bonds is 6. The van der Waals surface area contributed by atoms with Gasteiger partial charge in [-0.2, -0.15) is 0 Å². The lowest BCUT2D eigenvalue weighted by Crippen LogP contribution is -2.48. The number of nitrogens with one attached hydrogen (secondary N) is 1. The molecule has 98 valence electrons. The Kier molecular flexibility index (Phi) is 5.59. The molecule has 3 nitrogen and oxygen atoms in total. The van der Waals surface area contributed by atoms with Gasteiger partial charge in [0.05, 0.1) is 0 Å². The molecule has 0 aliphatic heterocycles. The van der Waals surface area contributed by atoms with Crippen molar-refractivity contribution in [3.63, 3.8) is 0 Å². The van der Waals surface area contributed by atoms with E-state index in [4.69, 9.17) is 5.73 Å². The summed E-state index contributed by atoms with van der Waals surface area (Å²) in [5.41, 5.74) is 6.83. The van der Waals surface area contributed by atoms with E-state index < -0.39 is 0 Å². The van der Waals surface area contributed by atoms with Crippen molar-refractivity contribution in [3.8, 4) is 0 Å². The van der Waals surface area contributed by atoms with E-state index in [0.29, 0.717) is 6.54 Å². The molecule has 0 unspecified atom stereocenters. The molecule has 0 atom stereocenters. The van der Waals surface area contributed by atoms with Crippen molar-refractivity contribution in [2.24, 2.45) is 5.73 Å². The zero-order valence-electron chi connectivity index (χ0n) is 11.1. The summed E-state index contributed by atoms with van der Waals surface area (Å²) < 4.78 is 0. The van der Waals surface area contributed by atoms with Crippen molar-refractivity contribution >= 4 is 12.0 Å². The normalized spacial score (nSPS) is 11.7. The number of carbonyl (C=O) groups is 1. The summed E-state index contributed by atoms with van der Waals surface area (Å²) in [6.45, 7) is 4.59. The summed E-state index contributed by atoms with van der Waals surface area (Å²) in [6.07, 6.45) is 5.05. The summed E-state index contributed by atoms with van der Waals surface area (Å²) in [5.74, 6) is -0.101. The maximum Gasteiger partial charge on any atom is 0.244 e. The van der Waals surface area contributed by atoms with Crippen LogP contribution in [0.4, 0.5) is 0 Å². The van der Waals surface area contributed by atoms with Gasteiger partial charge in [0.15, 0.2) is 0 Å².